The van der Waals surface area contributed by atoms with Crippen LogP contribution in [0.25, 0.3) is 0 Å². The number of nitrogens with zero attached hydrogens (tertiary/aromatic N) is 1. The third-order valence-electron chi connectivity index (χ3n) is 16.1. The van der Waals surface area contributed by atoms with Crippen LogP contribution in [0.15, 0.2) is 36.5 Å². The van der Waals surface area contributed by atoms with Gasteiger partial charge in [-0.15, -0.1) is 0 Å². The Kier molecular flexibility index (Phi) is 60.0. The molecule has 0 aromatic carbocycles. The maximum absolute atomic E-state index is 13.6. The summed E-state index contributed by atoms with van der Waals surface area (Å²) < 4.78 is 30.8. The summed E-state index contributed by atoms with van der Waals surface area (Å²) in [7, 11) is 1.50. The minimum absolute atomic E-state index is 0.0401. The normalized spacial score (nSPS) is 13.7. The molecule has 0 bridgehead atoms. The number of carbonyl (C=O) groups is 2. The third kappa shape index (κ3) is 62.6. The van der Waals surface area contributed by atoms with E-state index in [-0.39, 0.29) is 25.1 Å². The van der Waals surface area contributed by atoms with Crippen LogP contribution in [-0.4, -0.2) is 74.3 Å². The Balaban J connectivity index is 5.00. The van der Waals surface area contributed by atoms with Crippen LogP contribution in [0.2, 0.25) is 0 Å². The topological polar surface area (TPSA) is 111 Å². The number of quaternary nitrogens is 1. The summed E-state index contributed by atoms with van der Waals surface area (Å²) in [5.41, 5.74) is 0. The van der Waals surface area contributed by atoms with E-state index in [9.17, 15) is 19.0 Å². The van der Waals surface area contributed by atoms with E-state index in [1.807, 2.05) is 33.3 Å². The zero-order chi connectivity index (χ0) is 59.3. The lowest BCUT2D eigenvalue weighted by molar-refractivity contribution is -0.870. The molecule has 0 aliphatic heterocycles. The van der Waals surface area contributed by atoms with Gasteiger partial charge >= 0.3 is 13.8 Å². The van der Waals surface area contributed by atoms with E-state index in [0.717, 1.165) is 77.0 Å². The third-order valence-corrected chi connectivity index (χ3v) is 17.1. The van der Waals surface area contributed by atoms with Crippen LogP contribution >= 0.6 is 7.82 Å². The maximum atomic E-state index is 13.6. The van der Waals surface area contributed by atoms with Crippen molar-refractivity contribution in [2.75, 3.05) is 40.9 Å². The average molecular weight is 1160 g/mol. The maximum Gasteiger partial charge on any atom is 0.472 e. The van der Waals surface area contributed by atoms with Crippen molar-refractivity contribution in [1.29, 1.82) is 0 Å². The second kappa shape index (κ2) is 61.3. The van der Waals surface area contributed by atoms with Crippen molar-refractivity contribution < 1.29 is 37.3 Å². The molecule has 3 atom stereocenters. The molecule has 3 unspecified atom stereocenters. The first kappa shape index (κ1) is 79.2. The minimum atomic E-state index is -4.45. The molecule has 0 aliphatic carbocycles. The lowest BCUT2D eigenvalue weighted by Gasteiger charge is -2.27. The van der Waals surface area contributed by atoms with Crippen molar-refractivity contribution in [3.63, 3.8) is 0 Å². The summed E-state index contributed by atoms with van der Waals surface area (Å²) in [6.07, 6.45) is 75.9. The molecule has 9 nitrogen and oxygen atoms in total. The number of carbonyl (C=O) groups excluding carboxylic acids is 2. The number of hydrogen-bond donors (Lipinski definition) is 2. The SMILES string of the molecule is CCCCC/C=C/C=C/CCCCCCCCC(=O)NC(COP(=O)(O)OCC[N+](C)(C)C)C(/C=C\CCCCCCCCCCCCC)OC(=O)CCCCCCCCCCCCCCCCCCCCCCCCCCCCC. The van der Waals surface area contributed by atoms with Crippen molar-refractivity contribution >= 4 is 19.7 Å². The van der Waals surface area contributed by atoms with Crippen LogP contribution in [0.1, 0.15) is 355 Å². The Hall–Kier alpha value is -1.77. The van der Waals surface area contributed by atoms with Gasteiger partial charge in [-0.3, -0.25) is 18.6 Å². The fourth-order valence-corrected chi connectivity index (χ4v) is 11.4. The lowest BCUT2D eigenvalue weighted by atomic mass is 10.0. The van der Waals surface area contributed by atoms with Crippen molar-refractivity contribution in [2.45, 2.75) is 367 Å². The van der Waals surface area contributed by atoms with Crippen LogP contribution in [-0.2, 0) is 27.9 Å². The van der Waals surface area contributed by atoms with E-state index in [2.05, 4.69) is 50.4 Å². The number of hydrogen-bond acceptors (Lipinski definition) is 6. The molecule has 0 aliphatic rings. The summed E-state index contributed by atoms with van der Waals surface area (Å²) >= 11 is 0. The lowest BCUT2D eigenvalue weighted by Crippen LogP contribution is -2.47. The van der Waals surface area contributed by atoms with Crippen molar-refractivity contribution in [3.05, 3.63) is 36.5 Å². The monoisotopic (exact) mass is 1160 g/mol. The summed E-state index contributed by atoms with van der Waals surface area (Å²) in [5, 5.41) is 3.06. The average Bonchev–Trinajstić information content (AvgIpc) is 3.44. The Morgan fingerprint density at radius 2 is 0.741 bits per heavy atom. The summed E-state index contributed by atoms with van der Waals surface area (Å²) in [6, 6.07) is -0.851. The number of rotatable bonds is 65. The Morgan fingerprint density at radius 1 is 0.432 bits per heavy atom. The van der Waals surface area contributed by atoms with E-state index in [4.69, 9.17) is 13.8 Å². The first-order chi connectivity index (χ1) is 39.4. The number of unbranched alkanes of at least 4 members (excludes halogenated alkanes) is 46. The molecule has 0 rings (SSSR count). The number of phosphoric ester groups is 1. The van der Waals surface area contributed by atoms with Crippen molar-refractivity contribution in [1.82, 2.24) is 5.32 Å². The summed E-state index contributed by atoms with van der Waals surface area (Å²) in [5.74, 6) is -0.500. The van der Waals surface area contributed by atoms with E-state index in [1.165, 1.54) is 244 Å². The Labute approximate surface area is 504 Å². The predicted octanol–water partition coefficient (Wildman–Crippen LogP) is 22.2. The Bertz CT molecular complexity index is 1480. The summed E-state index contributed by atoms with van der Waals surface area (Å²) in [6.45, 7) is 7.03. The van der Waals surface area contributed by atoms with Gasteiger partial charge in [0.25, 0.3) is 0 Å². The zero-order valence-electron chi connectivity index (χ0n) is 54.8. The quantitative estimate of drug-likeness (QED) is 0.0156. The van der Waals surface area contributed by atoms with Gasteiger partial charge in [-0.1, -0.05) is 321 Å². The second-order valence-electron chi connectivity index (χ2n) is 25.4. The fourth-order valence-electron chi connectivity index (χ4n) is 10.6. The van der Waals surface area contributed by atoms with Crippen LogP contribution in [0.5, 0.6) is 0 Å². The predicted molar refractivity (Wildman–Crippen MR) is 351 cm³/mol. The number of allylic oxidation sites excluding steroid dienone is 5. The van der Waals surface area contributed by atoms with E-state index in [1.54, 1.807) is 0 Å². The van der Waals surface area contributed by atoms with Crippen LogP contribution in [0, 0.1) is 0 Å². The number of amides is 1. The van der Waals surface area contributed by atoms with Crippen LogP contribution in [0.4, 0.5) is 0 Å². The van der Waals surface area contributed by atoms with Crippen LogP contribution in [0.3, 0.4) is 0 Å². The molecule has 478 valence electrons. The molecular formula is C71H138N2O7P+. The molecule has 0 fully saturated rings. The van der Waals surface area contributed by atoms with E-state index >= 15 is 0 Å². The van der Waals surface area contributed by atoms with Crippen molar-refractivity contribution in [2.24, 2.45) is 0 Å². The molecule has 0 radical (unpaired) electrons. The highest BCUT2D eigenvalue weighted by Gasteiger charge is 2.30. The van der Waals surface area contributed by atoms with E-state index in [0.29, 0.717) is 23.9 Å². The highest BCUT2D eigenvalue weighted by atomic mass is 31.2. The molecule has 0 aromatic heterocycles. The number of esters is 1. The number of ether oxygens (including phenoxy) is 1. The molecule has 0 heterocycles. The number of likely N-dealkylation sites (N-methyl/N-ethyl adjacent to an activating group) is 1. The van der Waals surface area contributed by atoms with Gasteiger partial charge in [-0.05, 0) is 57.4 Å². The second-order valence-corrected chi connectivity index (χ2v) is 26.9. The minimum Gasteiger partial charge on any atom is -0.456 e. The van der Waals surface area contributed by atoms with Gasteiger partial charge in [-0.25, -0.2) is 4.57 Å². The molecule has 0 saturated heterocycles. The first-order valence-electron chi connectivity index (χ1n) is 35.3. The zero-order valence-corrected chi connectivity index (χ0v) is 55.7. The number of nitrogens with one attached hydrogen (secondary N) is 1. The first-order valence-corrected chi connectivity index (χ1v) is 36.8. The standard InChI is InChI=1S/C71H137N2O7P/c1-7-10-13-16-19-22-25-28-30-31-32-33-34-35-36-37-38-39-40-41-43-46-49-52-55-58-61-64-71(75)80-69(62-59-56-53-50-47-44-27-24-21-18-15-12-9-3)68(67-79-81(76,77)78-66-65-73(4,5)6)72-70(74)63-60-57-54-51-48-45-42-29-26-23-20-17-14-11-8-2/h20,23,26,29,59,62,68-69H,7-19,21-22,24-25,27-28,30-58,60-61,63-67H2,1-6H3,(H-,72,74,76,77)/p+1/b23-20+,29-26+,62-59-. The highest BCUT2D eigenvalue weighted by molar-refractivity contribution is 7.47. The van der Waals surface area contributed by atoms with Gasteiger partial charge in [-0.2, -0.15) is 0 Å². The molecule has 10 heteroatoms. The van der Waals surface area contributed by atoms with Crippen LogP contribution < -0.4 is 5.32 Å². The van der Waals surface area contributed by atoms with Gasteiger partial charge in [0.1, 0.15) is 19.3 Å². The smallest absolute Gasteiger partial charge is 0.456 e. The molecule has 0 aromatic rings. The van der Waals surface area contributed by atoms with Gasteiger partial charge in [0, 0.05) is 12.8 Å². The van der Waals surface area contributed by atoms with Gasteiger partial charge in [0.2, 0.25) is 5.91 Å². The Morgan fingerprint density at radius 3 is 1.11 bits per heavy atom. The van der Waals surface area contributed by atoms with Gasteiger partial charge < -0.3 is 19.4 Å². The molecule has 2 N–H and O–H groups in total. The van der Waals surface area contributed by atoms with Gasteiger partial charge in [0.15, 0.2) is 0 Å². The van der Waals surface area contributed by atoms with Gasteiger partial charge in [0.05, 0.1) is 33.8 Å². The molecule has 1 amide bonds. The van der Waals surface area contributed by atoms with E-state index < -0.39 is 20.0 Å². The molecular weight excluding hydrogens is 1020 g/mol. The fraction of sp³-hybridized carbons (Fsp3) is 0.887. The molecule has 0 saturated carbocycles. The molecule has 81 heavy (non-hydrogen) atoms. The van der Waals surface area contributed by atoms with Crippen molar-refractivity contribution in [3.8, 4) is 0 Å². The largest absolute Gasteiger partial charge is 0.472 e. The summed E-state index contributed by atoms with van der Waals surface area (Å²) in [4.78, 5) is 37.8. The highest BCUT2D eigenvalue weighted by Crippen LogP contribution is 2.43. The number of phosphoric acid groups is 1. The molecule has 0 spiro atoms.